The fourth-order valence-corrected chi connectivity index (χ4v) is 4.61. The summed E-state index contributed by atoms with van der Waals surface area (Å²) in [6.45, 7) is 1.87. The molecule has 0 heterocycles. The molecule has 5 heteroatoms. The van der Waals surface area contributed by atoms with E-state index in [1.807, 2.05) is 6.07 Å². The van der Waals surface area contributed by atoms with Gasteiger partial charge in [-0.15, -0.1) is 0 Å². The number of ether oxygens (including phenoxy) is 1. The maximum atomic E-state index is 13.7. The van der Waals surface area contributed by atoms with Crippen LogP contribution < -0.4 is 0 Å². The van der Waals surface area contributed by atoms with Crippen LogP contribution in [0.1, 0.15) is 64.8 Å². The Labute approximate surface area is 186 Å². The van der Waals surface area contributed by atoms with Gasteiger partial charge in [-0.05, 0) is 78.3 Å². The Balaban J connectivity index is 2.09. The largest absolute Gasteiger partial charge is 0.462 e. The summed E-state index contributed by atoms with van der Waals surface area (Å²) in [6.07, 6.45) is 4.82. The second-order valence-electron chi connectivity index (χ2n) is 8.01. The van der Waals surface area contributed by atoms with E-state index in [0.29, 0.717) is 27.8 Å². The average molecular weight is 434 g/mol. The number of carbonyl (C=O) groups excluding carboxylic acids is 2. The summed E-state index contributed by atoms with van der Waals surface area (Å²) in [6, 6.07) is 13.5. The molecule has 0 saturated heterocycles. The van der Waals surface area contributed by atoms with E-state index in [1.54, 1.807) is 31.2 Å². The number of hydrogen-bond donors (Lipinski definition) is 0. The molecule has 0 radical (unpaired) electrons. The molecule has 0 amide bonds. The van der Waals surface area contributed by atoms with Crippen molar-refractivity contribution >= 4 is 12.3 Å². The molecule has 0 atom stereocenters. The van der Waals surface area contributed by atoms with Crippen LogP contribution in [0.4, 0.5) is 8.78 Å². The molecule has 1 saturated carbocycles. The molecule has 32 heavy (non-hydrogen) atoms. The van der Waals surface area contributed by atoms with Gasteiger partial charge in [0.25, 0.3) is 0 Å². The van der Waals surface area contributed by atoms with E-state index in [0.717, 1.165) is 37.5 Å². The smallest absolute Gasteiger partial charge is 0.339 e. The van der Waals surface area contributed by atoms with Gasteiger partial charge in [0, 0.05) is 11.1 Å². The van der Waals surface area contributed by atoms with Crippen molar-refractivity contribution in [1.29, 1.82) is 0 Å². The lowest BCUT2D eigenvalue weighted by Gasteiger charge is -2.22. The Bertz CT molecular complexity index is 1130. The number of benzene rings is 3. The predicted octanol–water partition coefficient (Wildman–Crippen LogP) is 6.95. The third-order valence-corrected chi connectivity index (χ3v) is 6.08. The molecule has 1 fully saturated rings. The minimum absolute atomic E-state index is 0.158. The van der Waals surface area contributed by atoms with Crippen molar-refractivity contribution in [3.63, 3.8) is 0 Å². The minimum atomic E-state index is -0.577. The first-order valence-electron chi connectivity index (χ1n) is 10.9. The van der Waals surface area contributed by atoms with E-state index in [2.05, 4.69) is 0 Å². The summed E-state index contributed by atoms with van der Waals surface area (Å²) in [7, 11) is 0. The summed E-state index contributed by atoms with van der Waals surface area (Å²) < 4.78 is 32.7. The van der Waals surface area contributed by atoms with Crippen molar-refractivity contribution in [3.8, 4) is 22.3 Å². The van der Waals surface area contributed by atoms with Gasteiger partial charge in [-0.3, -0.25) is 4.79 Å². The third-order valence-electron chi connectivity index (χ3n) is 6.08. The minimum Gasteiger partial charge on any atom is -0.462 e. The molecule has 3 nitrogen and oxygen atoms in total. The van der Waals surface area contributed by atoms with Crippen LogP contribution >= 0.6 is 0 Å². The number of aldehydes is 1. The van der Waals surface area contributed by atoms with Gasteiger partial charge >= 0.3 is 5.97 Å². The van der Waals surface area contributed by atoms with Gasteiger partial charge in [-0.1, -0.05) is 37.1 Å². The van der Waals surface area contributed by atoms with Crippen LogP contribution in [-0.4, -0.2) is 18.9 Å². The Morgan fingerprint density at radius 1 is 0.969 bits per heavy atom. The number of hydrogen-bond acceptors (Lipinski definition) is 3. The number of esters is 1. The normalized spacial score (nSPS) is 13.8. The van der Waals surface area contributed by atoms with Gasteiger partial charge in [0.05, 0.1) is 12.2 Å². The molecule has 0 aliphatic heterocycles. The summed E-state index contributed by atoms with van der Waals surface area (Å²) in [5.74, 6) is -1.19. The Morgan fingerprint density at radius 2 is 1.53 bits per heavy atom. The number of halogens is 2. The molecular formula is C27H24F2O3. The van der Waals surface area contributed by atoms with Crippen molar-refractivity contribution in [2.24, 2.45) is 0 Å². The van der Waals surface area contributed by atoms with Crippen LogP contribution in [0, 0.1) is 11.6 Å². The topological polar surface area (TPSA) is 43.4 Å². The fraction of sp³-hybridized carbons (Fsp3) is 0.259. The molecule has 1 aliphatic rings. The van der Waals surface area contributed by atoms with Gasteiger partial charge in [0.15, 0.2) is 6.29 Å². The van der Waals surface area contributed by atoms with Crippen LogP contribution in [0.2, 0.25) is 0 Å². The molecule has 0 unspecified atom stereocenters. The van der Waals surface area contributed by atoms with E-state index in [4.69, 9.17) is 4.74 Å². The molecule has 4 rings (SSSR count). The zero-order valence-electron chi connectivity index (χ0n) is 17.9. The predicted molar refractivity (Wildman–Crippen MR) is 120 cm³/mol. The molecule has 1 aliphatic carbocycles. The maximum absolute atomic E-state index is 13.7. The van der Waals surface area contributed by atoms with E-state index in [-0.39, 0.29) is 23.9 Å². The highest BCUT2D eigenvalue weighted by Crippen LogP contribution is 2.43. The first kappa shape index (κ1) is 21.9. The van der Waals surface area contributed by atoms with Gasteiger partial charge in [-0.25, -0.2) is 13.6 Å². The number of rotatable bonds is 6. The molecule has 0 bridgehead atoms. The standard InChI is InChI=1S/C27H24F2O3/c1-2-32-27(31)26-23(18-7-11-20(28)12-8-18)15-22(17-5-3-4-6-17)24(16-30)25(26)19-9-13-21(29)14-10-19/h7-17H,2-6H2,1H3. The van der Waals surface area contributed by atoms with Gasteiger partial charge in [0.1, 0.15) is 11.6 Å². The first-order valence-corrected chi connectivity index (χ1v) is 10.9. The first-order chi connectivity index (χ1) is 15.5. The van der Waals surface area contributed by atoms with Gasteiger partial charge in [0.2, 0.25) is 0 Å². The van der Waals surface area contributed by atoms with Gasteiger partial charge in [-0.2, -0.15) is 0 Å². The molecule has 3 aromatic rings. The summed E-state index contributed by atoms with van der Waals surface area (Å²) >= 11 is 0. The molecule has 0 spiro atoms. The van der Waals surface area contributed by atoms with E-state index < -0.39 is 11.8 Å². The molecular weight excluding hydrogens is 410 g/mol. The summed E-state index contributed by atoms with van der Waals surface area (Å²) in [5.41, 5.74) is 3.74. The van der Waals surface area contributed by atoms with Crippen LogP contribution in [0.5, 0.6) is 0 Å². The Kier molecular flexibility index (Phi) is 6.45. The number of carbonyl (C=O) groups is 2. The molecule has 0 N–H and O–H groups in total. The van der Waals surface area contributed by atoms with Crippen molar-refractivity contribution in [2.75, 3.05) is 6.61 Å². The second-order valence-corrected chi connectivity index (χ2v) is 8.01. The highest BCUT2D eigenvalue weighted by molar-refractivity contribution is 6.09. The van der Waals surface area contributed by atoms with Gasteiger partial charge < -0.3 is 4.74 Å². The van der Waals surface area contributed by atoms with Crippen LogP contribution in [-0.2, 0) is 4.74 Å². The Morgan fingerprint density at radius 3 is 2.06 bits per heavy atom. The fourth-order valence-electron chi connectivity index (χ4n) is 4.61. The van der Waals surface area contributed by atoms with Crippen molar-refractivity contribution in [3.05, 3.63) is 82.9 Å². The lowest BCUT2D eigenvalue weighted by atomic mass is 9.81. The summed E-state index contributed by atoms with van der Waals surface area (Å²) in [4.78, 5) is 25.6. The zero-order chi connectivity index (χ0) is 22.7. The van der Waals surface area contributed by atoms with E-state index >= 15 is 0 Å². The third kappa shape index (κ3) is 4.20. The quantitative estimate of drug-likeness (QED) is 0.312. The highest BCUT2D eigenvalue weighted by atomic mass is 19.1. The van der Waals surface area contributed by atoms with Crippen LogP contribution in [0.3, 0.4) is 0 Å². The SMILES string of the molecule is CCOC(=O)c1c(-c2ccc(F)cc2)cc(C2CCCC2)c(C=O)c1-c1ccc(F)cc1. The average Bonchev–Trinajstić information content (AvgIpc) is 3.34. The summed E-state index contributed by atoms with van der Waals surface area (Å²) in [5, 5.41) is 0. The van der Waals surface area contributed by atoms with Crippen molar-refractivity contribution in [2.45, 2.75) is 38.5 Å². The van der Waals surface area contributed by atoms with Crippen LogP contribution in [0.25, 0.3) is 22.3 Å². The van der Waals surface area contributed by atoms with Crippen LogP contribution in [0.15, 0.2) is 54.6 Å². The highest BCUT2D eigenvalue weighted by Gasteiger charge is 2.29. The monoisotopic (exact) mass is 434 g/mol. The molecule has 0 aromatic heterocycles. The zero-order valence-corrected chi connectivity index (χ0v) is 17.9. The lowest BCUT2D eigenvalue weighted by Crippen LogP contribution is -2.13. The molecule has 164 valence electrons. The Hall–Kier alpha value is -3.34. The molecule has 3 aromatic carbocycles. The van der Waals surface area contributed by atoms with E-state index in [1.165, 1.54) is 24.3 Å². The second kappa shape index (κ2) is 9.43. The maximum Gasteiger partial charge on any atom is 0.339 e. The van der Waals surface area contributed by atoms with E-state index in [9.17, 15) is 18.4 Å². The van der Waals surface area contributed by atoms with Crippen molar-refractivity contribution < 1.29 is 23.1 Å². The lowest BCUT2D eigenvalue weighted by molar-refractivity contribution is 0.0528. The van der Waals surface area contributed by atoms with Crippen molar-refractivity contribution in [1.82, 2.24) is 0 Å².